The van der Waals surface area contributed by atoms with Gasteiger partial charge in [-0.1, -0.05) is 44.2 Å². The molecule has 118 valence electrons. The standard InChI is InChI=1S/C18H30N2O/c1-5-12-20(13-14-21-4)15-18-8-6-17(7-9-18)10-11-19-16(2)3/h5-9,16,19H,1,10-15H2,2-4H3. The second kappa shape index (κ2) is 10.6. The largest absolute Gasteiger partial charge is 0.383 e. The van der Waals surface area contributed by atoms with E-state index in [-0.39, 0.29) is 0 Å². The Morgan fingerprint density at radius 1 is 1.24 bits per heavy atom. The van der Waals surface area contributed by atoms with E-state index in [4.69, 9.17) is 4.74 Å². The van der Waals surface area contributed by atoms with Crippen LogP contribution in [0.15, 0.2) is 36.9 Å². The van der Waals surface area contributed by atoms with Gasteiger partial charge in [0, 0.05) is 32.8 Å². The van der Waals surface area contributed by atoms with E-state index in [2.05, 4.69) is 54.9 Å². The highest BCUT2D eigenvalue weighted by molar-refractivity contribution is 5.22. The molecular formula is C18H30N2O. The van der Waals surface area contributed by atoms with Gasteiger partial charge < -0.3 is 10.1 Å². The first-order chi connectivity index (χ1) is 10.2. The summed E-state index contributed by atoms with van der Waals surface area (Å²) in [6, 6.07) is 9.48. The van der Waals surface area contributed by atoms with Crippen LogP contribution in [0.5, 0.6) is 0 Å². The first kappa shape index (κ1) is 17.9. The van der Waals surface area contributed by atoms with Crippen LogP contribution in [0.1, 0.15) is 25.0 Å². The summed E-state index contributed by atoms with van der Waals surface area (Å²) >= 11 is 0. The zero-order chi connectivity index (χ0) is 15.5. The minimum Gasteiger partial charge on any atom is -0.383 e. The van der Waals surface area contributed by atoms with Gasteiger partial charge in [0.2, 0.25) is 0 Å². The van der Waals surface area contributed by atoms with Crippen molar-refractivity contribution in [1.82, 2.24) is 10.2 Å². The smallest absolute Gasteiger partial charge is 0.0589 e. The fourth-order valence-electron chi connectivity index (χ4n) is 2.21. The molecule has 0 radical (unpaired) electrons. The molecule has 0 heterocycles. The molecule has 3 nitrogen and oxygen atoms in total. The van der Waals surface area contributed by atoms with E-state index in [0.717, 1.165) is 39.2 Å². The third-order valence-electron chi connectivity index (χ3n) is 3.39. The Bertz CT molecular complexity index is 387. The molecule has 0 unspecified atom stereocenters. The van der Waals surface area contributed by atoms with E-state index in [0.29, 0.717) is 6.04 Å². The molecule has 0 bridgehead atoms. The maximum atomic E-state index is 5.16. The van der Waals surface area contributed by atoms with Crippen LogP contribution in [0.25, 0.3) is 0 Å². The molecule has 0 aliphatic rings. The Morgan fingerprint density at radius 3 is 2.48 bits per heavy atom. The molecule has 0 saturated carbocycles. The third-order valence-corrected chi connectivity index (χ3v) is 3.39. The highest BCUT2D eigenvalue weighted by Crippen LogP contribution is 2.08. The molecule has 0 atom stereocenters. The van der Waals surface area contributed by atoms with Crippen LogP contribution in [-0.2, 0) is 17.7 Å². The number of hydrogen-bond acceptors (Lipinski definition) is 3. The Labute approximate surface area is 130 Å². The lowest BCUT2D eigenvalue weighted by Crippen LogP contribution is -2.27. The van der Waals surface area contributed by atoms with Crippen molar-refractivity contribution in [2.75, 3.05) is 33.4 Å². The van der Waals surface area contributed by atoms with Crippen LogP contribution >= 0.6 is 0 Å². The van der Waals surface area contributed by atoms with E-state index in [1.807, 2.05) is 6.08 Å². The monoisotopic (exact) mass is 290 g/mol. The molecule has 3 heteroatoms. The van der Waals surface area contributed by atoms with E-state index in [9.17, 15) is 0 Å². The van der Waals surface area contributed by atoms with Gasteiger partial charge in [-0.3, -0.25) is 4.90 Å². The van der Waals surface area contributed by atoms with Crippen LogP contribution in [0.2, 0.25) is 0 Å². The quantitative estimate of drug-likeness (QED) is 0.634. The number of methoxy groups -OCH3 is 1. The Hall–Kier alpha value is -1.16. The SMILES string of the molecule is C=CCN(CCOC)Cc1ccc(CCNC(C)C)cc1. The predicted octanol–water partition coefficient (Wildman–Crippen LogP) is 2.86. The van der Waals surface area contributed by atoms with E-state index in [1.165, 1.54) is 11.1 Å². The van der Waals surface area contributed by atoms with Crippen molar-refractivity contribution in [1.29, 1.82) is 0 Å². The van der Waals surface area contributed by atoms with Crippen molar-refractivity contribution >= 4 is 0 Å². The van der Waals surface area contributed by atoms with Gasteiger partial charge in [0.05, 0.1) is 6.61 Å². The van der Waals surface area contributed by atoms with E-state index >= 15 is 0 Å². The number of ether oxygens (including phenoxy) is 1. The van der Waals surface area contributed by atoms with Crippen molar-refractivity contribution in [2.24, 2.45) is 0 Å². The maximum absolute atomic E-state index is 5.16. The second-order valence-electron chi connectivity index (χ2n) is 5.69. The third kappa shape index (κ3) is 8.00. The topological polar surface area (TPSA) is 24.5 Å². The van der Waals surface area contributed by atoms with Gasteiger partial charge in [-0.25, -0.2) is 0 Å². The van der Waals surface area contributed by atoms with Crippen molar-refractivity contribution in [3.8, 4) is 0 Å². The highest BCUT2D eigenvalue weighted by atomic mass is 16.5. The fraction of sp³-hybridized carbons (Fsp3) is 0.556. The first-order valence-electron chi connectivity index (χ1n) is 7.79. The van der Waals surface area contributed by atoms with Crippen LogP contribution in [0, 0.1) is 0 Å². The van der Waals surface area contributed by atoms with Crippen LogP contribution < -0.4 is 5.32 Å². The van der Waals surface area contributed by atoms with Gasteiger partial charge >= 0.3 is 0 Å². The average Bonchev–Trinajstić information content (AvgIpc) is 2.46. The minimum absolute atomic E-state index is 0.553. The van der Waals surface area contributed by atoms with Crippen LogP contribution in [0.4, 0.5) is 0 Å². The van der Waals surface area contributed by atoms with Gasteiger partial charge in [0.1, 0.15) is 0 Å². The molecule has 1 N–H and O–H groups in total. The lowest BCUT2D eigenvalue weighted by Gasteiger charge is -2.20. The summed E-state index contributed by atoms with van der Waals surface area (Å²) < 4.78 is 5.16. The predicted molar refractivity (Wildman–Crippen MR) is 90.6 cm³/mol. The van der Waals surface area contributed by atoms with E-state index < -0.39 is 0 Å². The van der Waals surface area contributed by atoms with Gasteiger partial charge in [0.15, 0.2) is 0 Å². The summed E-state index contributed by atoms with van der Waals surface area (Å²) in [5.74, 6) is 0. The molecule has 1 aromatic carbocycles. The highest BCUT2D eigenvalue weighted by Gasteiger charge is 2.04. The van der Waals surface area contributed by atoms with Crippen LogP contribution in [0.3, 0.4) is 0 Å². The number of benzene rings is 1. The van der Waals surface area contributed by atoms with Gasteiger partial charge in [-0.15, -0.1) is 6.58 Å². The van der Waals surface area contributed by atoms with Gasteiger partial charge in [-0.2, -0.15) is 0 Å². The zero-order valence-corrected chi connectivity index (χ0v) is 13.8. The summed E-state index contributed by atoms with van der Waals surface area (Å²) in [6.07, 6.45) is 3.03. The van der Waals surface area contributed by atoms with Gasteiger partial charge in [0.25, 0.3) is 0 Å². The number of rotatable bonds is 11. The fourth-order valence-corrected chi connectivity index (χ4v) is 2.21. The van der Waals surface area contributed by atoms with Crippen molar-refractivity contribution in [3.63, 3.8) is 0 Å². The molecule has 0 aromatic heterocycles. The molecule has 0 saturated heterocycles. The van der Waals surface area contributed by atoms with Crippen molar-refractivity contribution in [2.45, 2.75) is 32.9 Å². The Balaban J connectivity index is 2.45. The molecule has 0 aliphatic carbocycles. The number of nitrogens with zero attached hydrogens (tertiary/aromatic N) is 1. The molecule has 0 spiro atoms. The maximum Gasteiger partial charge on any atom is 0.0589 e. The Kier molecular flexibility index (Phi) is 8.99. The molecular weight excluding hydrogens is 260 g/mol. The van der Waals surface area contributed by atoms with Gasteiger partial charge in [-0.05, 0) is 24.1 Å². The first-order valence-corrected chi connectivity index (χ1v) is 7.79. The molecule has 0 fully saturated rings. The van der Waals surface area contributed by atoms with Crippen LogP contribution in [-0.4, -0.2) is 44.3 Å². The summed E-state index contributed by atoms with van der Waals surface area (Å²) in [4.78, 5) is 2.34. The molecule has 0 amide bonds. The summed E-state index contributed by atoms with van der Waals surface area (Å²) in [5.41, 5.74) is 2.73. The lowest BCUT2D eigenvalue weighted by molar-refractivity contribution is 0.151. The molecule has 21 heavy (non-hydrogen) atoms. The number of nitrogens with one attached hydrogen (secondary N) is 1. The molecule has 0 aliphatic heterocycles. The minimum atomic E-state index is 0.553. The lowest BCUT2D eigenvalue weighted by atomic mass is 10.1. The summed E-state index contributed by atoms with van der Waals surface area (Å²) in [5, 5.41) is 3.45. The summed E-state index contributed by atoms with van der Waals surface area (Å²) in [7, 11) is 1.74. The second-order valence-corrected chi connectivity index (χ2v) is 5.69. The molecule has 1 rings (SSSR count). The number of hydrogen-bond donors (Lipinski definition) is 1. The Morgan fingerprint density at radius 2 is 1.90 bits per heavy atom. The van der Waals surface area contributed by atoms with E-state index in [1.54, 1.807) is 7.11 Å². The molecule has 1 aromatic rings. The van der Waals surface area contributed by atoms with Crippen molar-refractivity contribution in [3.05, 3.63) is 48.0 Å². The zero-order valence-electron chi connectivity index (χ0n) is 13.8. The average molecular weight is 290 g/mol. The summed E-state index contributed by atoms with van der Waals surface area (Å²) in [6.45, 7) is 12.7. The van der Waals surface area contributed by atoms with Crippen molar-refractivity contribution < 1.29 is 4.74 Å². The normalized spacial score (nSPS) is 11.3.